The highest BCUT2D eigenvalue weighted by Gasteiger charge is 2.15. The quantitative estimate of drug-likeness (QED) is 0.166. The van der Waals surface area contributed by atoms with Gasteiger partial charge in [-0.3, -0.25) is 0 Å². The number of fused-ring (bicyclic) bond motifs is 1. The van der Waals surface area contributed by atoms with E-state index in [1.165, 1.54) is 18.5 Å². The van der Waals surface area contributed by atoms with Crippen LogP contribution in [0, 0.1) is 5.82 Å². The predicted molar refractivity (Wildman–Crippen MR) is 146 cm³/mol. The zero-order valence-corrected chi connectivity index (χ0v) is 21.7. The molecule has 0 aliphatic heterocycles. The zero-order valence-electron chi connectivity index (χ0n) is 20.8. The second kappa shape index (κ2) is 10.7. The maximum Gasteiger partial charge on any atom is 0.143 e. The molecule has 190 valence electrons. The Morgan fingerprint density at radius 2 is 1.89 bits per heavy atom. The van der Waals surface area contributed by atoms with Gasteiger partial charge in [0.15, 0.2) is 0 Å². The lowest BCUT2D eigenvalue weighted by molar-refractivity contribution is 0.498. The van der Waals surface area contributed by atoms with Crippen molar-refractivity contribution in [3.63, 3.8) is 0 Å². The molecule has 0 aliphatic rings. The normalized spacial score (nSPS) is 11.8. The molecule has 0 radical (unpaired) electrons. The molecule has 2 aromatic carbocycles. The highest BCUT2D eigenvalue weighted by atomic mass is 31.2. The van der Waals surface area contributed by atoms with E-state index in [1.54, 1.807) is 19.4 Å². The fourth-order valence-corrected chi connectivity index (χ4v) is 4.90. The molecule has 0 fully saturated rings. The minimum Gasteiger partial charge on any atom is -0.460 e. The van der Waals surface area contributed by atoms with Crippen LogP contribution in [0.3, 0.4) is 0 Å². The summed E-state index contributed by atoms with van der Waals surface area (Å²) in [5, 5.41) is 7.59. The Kier molecular flexibility index (Phi) is 7.22. The van der Waals surface area contributed by atoms with Gasteiger partial charge in [-0.25, -0.2) is 14.4 Å². The zero-order chi connectivity index (χ0) is 25.8. The first-order valence-electron chi connectivity index (χ1n) is 12.1. The van der Waals surface area contributed by atoms with E-state index in [9.17, 15) is 8.96 Å². The van der Waals surface area contributed by atoms with E-state index in [-0.39, 0.29) is 5.82 Å². The molecule has 37 heavy (non-hydrogen) atoms. The van der Waals surface area contributed by atoms with Crippen LogP contribution in [0.4, 0.5) is 16.0 Å². The van der Waals surface area contributed by atoms with Gasteiger partial charge in [-0.15, -0.1) is 0 Å². The van der Waals surface area contributed by atoms with E-state index < -0.39 is 7.14 Å². The SMILES string of the molecule is CP(C)(=O)CCNCc1ccc(-c2cccc3ncnc(Nc4cccn4Cc4cccc(F)c4)c23)o1. The van der Waals surface area contributed by atoms with Crippen molar-refractivity contribution in [3.8, 4) is 11.3 Å². The standard InChI is InChI=1S/C28H29FN5O2P/c1-37(2,35)15-13-30-17-22-11-12-25(36-22)23-8-4-9-24-27(23)28(32-19-31-24)33-26-10-5-14-34(26)18-20-6-3-7-21(29)16-20/h3-12,14,16,19,30H,13,15,17-18H2,1-2H3,(H,31,32,33). The molecule has 3 heterocycles. The summed E-state index contributed by atoms with van der Waals surface area (Å²) in [5.41, 5.74) is 2.53. The fourth-order valence-electron chi connectivity index (χ4n) is 4.21. The lowest BCUT2D eigenvalue weighted by Crippen LogP contribution is -2.17. The summed E-state index contributed by atoms with van der Waals surface area (Å²) in [5.74, 6) is 2.73. The first-order chi connectivity index (χ1) is 17.9. The monoisotopic (exact) mass is 517 g/mol. The summed E-state index contributed by atoms with van der Waals surface area (Å²) in [7, 11) is -2.05. The first-order valence-corrected chi connectivity index (χ1v) is 14.9. The highest BCUT2D eigenvalue weighted by molar-refractivity contribution is 7.62. The van der Waals surface area contributed by atoms with Crippen LogP contribution in [0.25, 0.3) is 22.2 Å². The highest BCUT2D eigenvalue weighted by Crippen LogP contribution is 2.35. The van der Waals surface area contributed by atoms with Crippen LogP contribution < -0.4 is 10.6 Å². The van der Waals surface area contributed by atoms with Gasteiger partial charge < -0.3 is 24.2 Å². The maximum atomic E-state index is 13.7. The third-order valence-corrected chi connectivity index (χ3v) is 7.33. The molecular formula is C28H29FN5O2P. The third kappa shape index (κ3) is 6.16. The van der Waals surface area contributed by atoms with Crippen LogP contribution in [0.15, 0.2) is 83.7 Å². The number of halogens is 1. The summed E-state index contributed by atoms with van der Waals surface area (Å²) in [4.78, 5) is 9.01. The number of furan rings is 1. The number of nitrogens with zero attached hydrogens (tertiary/aromatic N) is 3. The largest absolute Gasteiger partial charge is 0.460 e. The summed E-state index contributed by atoms with van der Waals surface area (Å²) >= 11 is 0. The van der Waals surface area contributed by atoms with Gasteiger partial charge >= 0.3 is 0 Å². The van der Waals surface area contributed by atoms with Gasteiger partial charge in [-0.05, 0) is 61.4 Å². The van der Waals surface area contributed by atoms with Crippen molar-refractivity contribution in [1.29, 1.82) is 0 Å². The van der Waals surface area contributed by atoms with Gasteiger partial charge in [0.2, 0.25) is 0 Å². The lowest BCUT2D eigenvalue weighted by Gasteiger charge is -2.14. The Balaban J connectivity index is 1.40. The van der Waals surface area contributed by atoms with Crippen LogP contribution in [-0.4, -0.2) is 40.6 Å². The van der Waals surface area contributed by atoms with Crippen LogP contribution in [0.5, 0.6) is 0 Å². The summed E-state index contributed by atoms with van der Waals surface area (Å²) in [6.45, 7) is 5.34. The molecule has 0 bridgehead atoms. The van der Waals surface area contributed by atoms with Crippen molar-refractivity contribution in [2.75, 3.05) is 31.4 Å². The maximum absolute atomic E-state index is 13.7. The number of anilines is 2. The van der Waals surface area contributed by atoms with Gasteiger partial charge in [0.25, 0.3) is 0 Å². The fraction of sp³-hybridized carbons (Fsp3) is 0.214. The van der Waals surface area contributed by atoms with Gasteiger partial charge in [-0.2, -0.15) is 0 Å². The van der Waals surface area contributed by atoms with E-state index in [2.05, 4.69) is 20.6 Å². The lowest BCUT2D eigenvalue weighted by atomic mass is 10.1. The minimum absolute atomic E-state index is 0.255. The molecule has 0 atom stereocenters. The molecular weight excluding hydrogens is 488 g/mol. The summed E-state index contributed by atoms with van der Waals surface area (Å²) < 4.78 is 33.8. The van der Waals surface area contributed by atoms with E-state index in [1.807, 2.05) is 59.3 Å². The molecule has 0 unspecified atom stereocenters. The Labute approximate surface area is 215 Å². The van der Waals surface area contributed by atoms with E-state index >= 15 is 0 Å². The molecule has 5 rings (SSSR count). The summed E-state index contributed by atoms with van der Waals surface area (Å²) in [6, 6.07) is 20.3. The first kappa shape index (κ1) is 24.9. The van der Waals surface area contributed by atoms with Crippen molar-refractivity contribution in [2.24, 2.45) is 0 Å². The van der Waals surface area contributed by atoms with Crippen LogP contribution >= 0.6 is 7.14 Å². The number of benzene rings is 2. The van der Waals surface area contributed by atoms with Crippen molar-refractivity contribution in [3.05, 3.63) is 96.4 Å². The van der Waals surface area contributed by atoms with Crippen molar-refractivity contribution in [1.82, 2.24) is 19.9 Å². The van der Waals surface area contributed by atoms with Crippen LogP contribution in [0.2, 0.25) is 0 Å². The second-order valence-electron chi connectivity index (χ2n) is 9.44. The van der Waals surface area contributed by atoms with E-state index in [4.69, 9.17) is 4.42 Å². The smallest absolute Gasteiger partial charge is 0.143 e. The van der Waals surface area contributed by atoms with Gasteiger partial charge in [0, 0.05) is 31.0 Å². The molecule has 5 aromatic rings. The Morgan fingerprint density at radius 3 is 2.73 bits per heavy atom. The number of hydrogen-bond donors (Lipinski definition) is 2. The Bertz CT molecular complexity index is 1570. The second-order valence-corrected chi connectivity index (χ2v) is 13.0. The van der Waals surface area contributed by atoms with Crippen molar-refractivity contribution >= 4 is 29.7 Å². The average molecular weight is 518 g/mol. The number of rotatable bonds is 10. The average Bonchev–Trinajstić information content (AvgIpc) is 3.51. The molecule has 0 amide bonds. The van der Waals surface area contributed by atoms with Crippen LogP contribution in [-0.2, 0) is 17.7 Å². The van der Waals surface area contributed by atoms with E-state index in [0.29, 0.717) is 37.4 Å². The molecule has 9 heteroatoms. The predicted octanol–water partition coefficient (Wildman–Crippen LogP) is 6.33. The molecule has 2 N–H and O–H groups in total. The number of nitrogens with one attached hydrogen (secondary N) is 2. The van der Waals surface area contributed by atoms with Crippen molar-refractivity contribution < 1.29 is 13.4 Å². The topological polar surface area (TPSA) is 85.0 Å². The molecule has 0 saturated carbocycles. The van der Waals surface area contributed by atoms with E-state index in [0.717, 1.165) is 33.6 Å². The molecule has 0 aliphatic carbocycles. The third-order valence-electron chi connectivity index (χ3n) is 6.03. The van der Waals surface area contributed by atoms with Gasteiger partial charge in [0.1, 0.15) is 35.3 Å². The van der Waals surface area contributed by atoms with Crippen molar-refractivity contribution in [2.45, 2.75) is 13.1 Å². The van der Waals surface area contributed by atoms with Crippen LogP contribution in [0.1, 0.15) is 11.3 Å². The number of hydrogen-bond acceptors (Lipinski definition) is 6. The minimum atomic E-state index is -2.05. The molecule has 3 aromatic heterocycles. The Hall–Kier alpha value is -3.74. The van der Waals surface area contributed by atoms with Gasteiger partial charge in [-0.1, -0.05) is 24.3 Å². The summed E-state index contributed by atoms with van der Waals surface area (Å²) in [6.07, 6.45) is 4.13. The molecule has 0 saturated heterocycles. The van der Waals surface area contributed by atoms with Gasteiger partial charge in [0.05, 0.1) is 24.6 Å². The molecule has 0 spiro atoms. The number of aromatic nitrogens is 3. The molecule has 7 nitrogen and oxygen atoms in total. The Morgan fingerprint density at radius 1 is 1.03 bits per heavy atom.